The molecule has 0 N–H and O–H groups in total. The molecule has 1 aliphatic heterocycles. The minimum absolute atomic E-state index is 0.260. The first-order valence-electron chi connectivity index (χ1n) is 8.54. The van der Waals surface area contributed by atoms with Crippen molar-refractivity contribution in [1.82, 2.24) is 0 Å². The maximum absolute atomic E-state index is 6.44. The molecule has 120 valence electrons. The maximum atomic E-state index is 6.44. The van der Waals surface area contributed by atoms with Crippen molar-refractivity contribution in [3.05, 3.63) is 102 Å². The van der Waals surface area contributed by atoms with Gasteiger partial charge in [-0.1, -0.05) is 78.9 Å². The van der Waals surface area contributed by atoms with Gasteiger partial charge in [0.05, 0.1) is 0 Å². The topological polar surface area (TPSA) is 9.23 Å². The molecule has 0 fully saturated rings. The van der Waals surface area contributed by atoms with Gasteiger partial charge in [-0.25, -0.2) is 0 Å². The summed E-state index contributed by atoms with van der Waals surface area (Å²) in [5.41, 5.74) is 3.66. The van der Waals surface area contributed by atoms with E-state index in [0.29, 0.717) is 0 Å². The van der Waals surface area contributed by atoms with Gasteiger partial charge < -0.3 is 4.74 Å². The summed E-state index contributed by atoms with van der Waals surface area (Å²) < 4.78 is 6.44. The van der Waals surface area contributed by atoms with Crippen LogP contribution in [-0.4, -0.2) is 5.60 Å². The molecule has 0 radical (unpaired) electrons. The van der Waals surface area contributed by atoms with Gasteiger partial charge in [0.2, 0.25) is 0 Å². The molecule has 1 aliphatic rings. The number of ether oxygens (including phenoxy) is 1. The fraction of sp³-hybridized carbons (Fsp3) is 0.217. The van der Waals surface area contributed by atoms with Crippen LogP contribution < -0.4 is 4.74 Å². The van der Waals surface area contributed by atoms with Crippen LogP contribution in [0.5, 0.6) is 5.75 Å². The highest BCUT2D eigenvalue weighted by Crippen LogP contribution is 2.52. The summed E-state index contributed by atoms with van der Waals surface area (Å²) in [7, 11) is 0. The summed E-state index contributed by atoms with van der Waals surface area (Å²) in [5.74, 6) is 1.55. The van der Waals surface area contributed by atoms with E-state index in [1.165, 1.54) is 16.7 Å². The number of hydrogen-bond donors (Lipinski definition) is 0. The van der Waals surface area contributed by atoms with Crippen LogP contribution in [-0.2, 0) is 0 Å². The lowest BCUT2D eigenvalue weighted by molar-refractivity contribution is 0.0531. The van der Waals surface area contributed by atoms with Crippen molar-refractivity contribution < 1.29 is 4.74 Å². The Morgan fingerprint density at radius 1 is 0.667 bits per heavy atom. The lowest BCUT2D eigenvalue weighted by atomic mass is 9.68. The lowest BCUT2D eigenvalue weighted by Crippen LogP contribution is -2.43. The molecule has 0 amide bonds. The maximum Gasteiger partial charge on any atom is 0.123 e. The molecule has 0 aliphatic carbocycles. The minimum Gasteiger partial charge on any atom is -0.487 e. The molecule has 3 aromatic rings. The van der Waals surface area contributed by atoms with E-state index in [1.807, 2.05) is 0 Å². The van der Waals surface area contributed by atoms with Gasteiger partial charge in [-0.05, 0) is 31.0 Å². The van der Waals surface area contributed by atoms with Crippen LogP contribution >= 0.6 is 0 Å². The Labute approximate surface area is 143 Å². The van der Waals surface area contributed by atoms with Crippen molar-refractivity contribution in [3.8, 4) is 5.75 Å². The van der Waals surface area contributed by atoms with Crippen molar-refractivity contribution in [1.29, 1.82) is 0 Å². The van der Waals surface area contributed by atoms with E-state index < -0.39 is 0 Å². The third kappa shape index (κ3) is 2.50. The largest absolute Gasteiger partial charge is 0.487 e. The molecule has 1 nitrogen and oxygen atoms in total. The lowest BCUT2D eigenvalue weighted by Gasteiger charge is -2.45. The fourth-order valence-corrected chi connectivity index (χ4v) is 4.04. The fourth-order valence-electron chi connectivity index (χ4n) is 4.04. The van der Waals surface area contributed by atoms with Gasteiger partial charge in [0.1, 0.15) is 11.4 Å². The van der Waals surface area contributed by atoms with Gasteiger partial charge >= 0.3 is 0 Å². The van der Waals surface area contributed by atoms with Crippen molar-refractivity contribution in [3.63, 3.8) is 0 Å². The summed E-state index contributed by atoms with van der Waals surface area (Å²) in [5, 5.41) is 0. The van der Waals surface area contributed by atoms with Crippen molar-refractivity contribution in [2.75, 3.05) is 0 Å². The zero-order valence-corrected chi connectivity index (χ0v) is 14.1. The Morgan fingerprint density at radius 3 is 1.88 bits per heavy atom. The van der Waals surface area contributed by atoms with Crippen molar-refractivity contribution in [2.24, 2.45) is 0 Å². The standard InChI is InChI=1S/C23H22O/c1-23(2)22(18-13-7-4-8-14-18)21(17-11-5-3-6-12-17)19-15-9-10-16-20(19)24-23/h3-16,21-22H,1-2H3. The van der Waals surface area contributed by atoms with Gasteiger partial charge in [-0.15, -0.1) is 0 Å². The van der Waals surface area contributed by atoms with E-state index in [1.54, 1.807) is 0 Å². The molecular weight excluding hydrogens is 292 g/mol. The molecule has 1 heteroatoms. The number of rotatable bonds is 2. The van der Waals surface area contributed by atoms with E-state index in [2.05, 4.69) is 98.8 Å². The molecule has 4 rings (SSSR count). The Kier molecular flexibility index (Phi) is 3.65. The third-order valence-electron chi connectivity index (χ3n) is 5.03. The van der Waals surface area contributed by atoms with Crippen LogP contribution in [0.15, 0.2) is 84.9 Å². The van der Waals surface area contributed by atoms with Crippen LogP contribution in [0.3, 0.4) is 0 Å². The van der Waals surface area contributed by atoms with Crippen molar-refractivity contribution in [2.45, 2.75) is 31.3 Å². The average molecular weight is 314 g/mol. The smallest absolute Gasteiger partial charge is 0.123 e. The van der Waals surface area contributed by atoms with Crippen LogP contribution in [0.1, 0.15) is 42.4 Å². The van der Waals surface area contributed by atoms with Gasteiger partial charge in [-0.2, -0.15) is 0 Å². The molecular formula is C23H22O. The first-order chi connectivity index (χ1) is 11.7. The predicted molar refractivity (Wildman–Crippen MR) is 98.6 cm³/mol. The molecule has 24 heavy (non-hydrogen) atoms. The normalized spacial score (nSPS) is 21.6. The van der Waals surface area contributed by atoms with Gasteiger partial charge in [0.15, 0.2) is 0 Å². The SMILES string of the molecule is CC1(C)Oc2ccccc2C(c2ccccc2)C1c1ccccc1. The number of para-hydroxylation sites is 1. The number of benzene rings is 3. The first-order valence-corrected chi connectivity index (χ1v) is 8.54. The van der Waals surface area contributed by atoms with Crippen LogP contribution in [0.2, 0.25) is 0 Å². The number of hydrogen-bond acceptors (Lipinski definition) is 1. The Balaban J connectivity index is 1.95. The second-order valence-electron chi connectivity index (χ2n) is 7.02. The molecule has 1 heterocycles. The molecule has 3 aromatic carbocycles. The molecule has 0 aromatic heterocycles. The monoisotopic (exact) mass is 314 g/mol. The summed E-state index contributed by atoms with van der Waals surface area (Å²) in [6, 6.07) is 30.0. The summed E-state index contributed by atoms with van der Waals surface area (Å²) in [6.07, 6.45) is 0. The molecule has 0 bridgehead atoms. The zero-order chi connectivity index (χ0) is 16.6. The third-order valence-corrected chi connectivity index (χ3v) is 5.03. The van der Waals surface area contributed by atoms with Crippen LogP contribution in [0.25, 0.3) is 0 Å². The van der Waals surface area contributed by atoms with E-state index in [4.69, 9.17) is 4.74 Å². The highest BCUT2D eigenvalue weighted by molar-refractivity contribution is 5.49. The first kappa shape index (κ1) is 15.0. The van der Waals surface area contributed by atoms with Gasteiger partial charge in [-0.3, -0.25) is 0 Å². The molecule has 0 saturated carbocycles. The van der Waals surface area contributed by atoms with E-state index >= 15 is 0 Å². The highest BCUT2D eigenvalue weighted by atomic mass is 16.5. The highest BCUT2D eigenvalue weighted by Gasteiger charge is 2.44. The minimum atomic E-state index is -0.282. The summed E-state index contributed by atoms with van der Waals surface area (Å²) in [4.78, 5) is 0. The molecule has 2 atom stereocenters. The van der Waals surface area contributed by atoms with Crippen LogP contribution in [0.4, 0.5) is 0 Å². The van der Waals surface area contributed by atoms with Crippen LogP contribution in [0, 0.1) is 0 Å². The van der Waals surface area contributed by atoms with Gasteiger partial charge in [0.25, 0.3) is 0 Å². The molecule has 2 unspecified atom stereocenters. The number of fused-ring (bicyclic) bond motifs is 1. The predicted octanol–water partition coefficient (Wildman–Crippen LogP) is 5.77. The van der Waals surface area contributed by atoms with E-state index in [0.717, 1.165) is 5.75 Å². The second-order valence-corrected chi connectivity index (χ2v) is 7.02. The zero-order valence-electron chi connectivity index (χ0n) is 14.1. The second kappa shape index (κ2) is 5.83. The summed E-state index contributed by atoms with van der Waals surface area (Å²) in [6.45, 7) is 4.41. The average Bonchev–Trinajstić information content (AvgIpc) is 2.61. The van der Waals surface area contributed by atoms with E-state index in [-0.39, 0.29) is 17.4 Å². The van der Waals surface area contributed by atoms with Gasteiger partial charge in [0, 0.05) is 17.4 Å². The van der Waals surface area contributed by atoms with Crippen molar-refractivity contribution >= 4 is 0 Å². The Morgan fingerprint density at radius 2 is 1.21 bits per heavy atom. The molecule has 0 saturated heterocycles. The molecule has 0 spiro atoms. The van der Waals surface area contributed by atoms with E-state index in [9.17, 15) is 0 Å². The Bertz CT molecular complexity index is 821. The quantitative estimate of drug-likeness (QED) is 0.583. The Hall–Kier alpha value is -2.54. The summed E-state index contributed by atoms with van der Waals surface area (Å²) >= 11 is 0.